The molecular formula is C29H26ClFN6O2. The fourth-order valence-corrected chi connectivity index (χ4v) is 4.99. The highest BCUT2D eigenvalue weighted by atomic mass is 35.5. The van der Waals surface area contributed by atoms with Crippen molar-refractivity contribution in [1.82, 2.24) is 29.6 Å². The topological polar surface area (TPSA) is 97.0 Å². The Morgan fingerprint density at radius 1 is 1.03 bits per heavy atom. The molecule has 8 nitrogen and oxygen atoms in total. The van der Waals surface area contributed by atoms with E-state index in [4.69, 9.17) is 21.5 Å². The van der Waals surface area contributed by atoms with Crippen LogP contribution in [-0.4, -0.2) is 61.3 Å². The van der Waals surface area contributed by atoms with Crippen LogP contribution in [0.2, 0.25) is 5.02 Å². The zero-order chi connectivity index (χ0) is 27.4. The Hall–Kier alpha value is -4.21. The first kappa shape index (κ1) is 26.4. The van der Waals surface area contributed by atoms with E-state index in [0.717, 1.165) is 53.6 Å². The van der Waals surface area contributed by atoms with E-state index in [1.807, 2.05) is 36.8 Å². The number of carbonyl (C=O) groups is 1. The van der Waals surface area contributed by atoms with Crippen LogP contribution >= 0.6 is 11.6 Å². The van der Waals surface area contributed by atoms with Gasteiger partial charge in [-0.25, -0.2) is 14.4 Å². The minimum absolute atomic E-state index is 0.250. The third kappa shape index (κ3) is 5.79. The van der Waals surface area contributed by atoms with E-state index in [1.54, 1.807) is 12.3 Å². The van der Waals surface area contributed by atoms with Crippen LogP contribution < -0.4 is 0 Å². The number of carboxylic acid groups (broad SMARTS) is 1. The van der Waals surface area contributed by atoms with Gasteiger partial charge >= 0.3 is 0 Å². The molecule has 1 aliphatic rings. The van der Waals surface area contributed by atoms with E-state index in [-0.39, 0.29) is 12.3 Å². The van der Waals surface area contributed by atoms with Crippen LogP contribution in [0.3, 0.4) is 0 Å². The number of benzene rings is 1. The van der Waals surface area contributed by atoms with Gasteiger partial charge in [0.05, 0.1) is 17.9 Å². The SMILES string of the molecule is CN1CCC(n2cc(-c3cncc(-c4cc(-c5cc(Cl)ccc5F)nc5ncccc45)c3)cn2)CC1.O=CO. The summed E-state index contributed by atoms with van der Waals surface area (Å²) in [7, 11) is 2.16. The van der Waals surface area contributed by atoms with Crippen LogP contribution in [0.4, 0.5) is 4.39 Å². The van der Waals surface area contributed by atoms with Gasteiger partial charge in [-0.05, 0) is 81.0 Å². The molecule has 198 valence electrons. The third-order valence-corrected chi connectivity index (χ3v) is 7.07. The Kier molecular flexibility index (Phi) is 7.90. The second-order valence-corrected chi connectivity index (χ2v) is 9.80. The first-order valence-electron chi connectivity index (χ1n) is 12.4. The highest BCUT2D eigenvalue weighted by molar-refractivity contribution is 6.30. The first-order valence-corrected chi connectivity index (χ1v) is 12.8. The van der Waals surface area contributed by atoms with Crippen molar-refractivity contribution in [3.63, 3.8) is 0 Å². The fourth-order valence-electron chi connectivity index (χ4n) is 4.82. The number of piperidine rings is 1. The zero-order valence-electron chi connectivity index (χ0n) is 21.2. The van der Waals surface area contributed by atoms with Gasteiger partial charge in [0.1, 0.15) is 5.82 Å². The maximum Gasteiger partial charge on any atom is 0.290 e. The predicted molar refractivity (Wildman–Crippen MR) is 149 cm³/mol. The van der Waals surface area contributed by atoms with Gasteiger partial charge in [0.25, 0.3) is 6.47 Å². The van der Waals surface area contributed by atoms with Crippen molar-refractivity contribution in [2.24, 2.45) is 0 Å². The molecule has 0 saturated carbocycles. The average Bonchev–Trinajstić information content (AvgIpc) is 3.45. The van der Waals surface area contributed by atoms with Gasteiger partial charge in [0.15, 0.2) is 5.65 Å². The monoisotopic (exact) mass is 544 g/mol. The molecule has 1 saturated heterocycles. The minimum Gasteiger partial charge on any atom is -0.483 e. The summed E-state index contributed by atoms with van der Waals surface area (Å²) >= 11 is 6.17. The Bertz CT molecular complexity index is 1620. The molecule has 1 aromatic carbocycles. The first-order chi connectivity index (χ1) is 19.0. The molecule has 0 amide bonds. The summed E-state index contributed by atoms with van der Waals surface area (Å²) < 4.78 is 16.8. The second-order valence-electron chi connectivity index (χ2n) is 9.36. The Morgan fingerprint density at radius 3 is 2.59 bits per heavy atom. The van der Waals surface area contributed by atoms with Crippen molar-refractivity contribution in [1.29, 1.82) is 0 Å². The maximum atomic E-state index is 14.7. The molecule has 1 aliphatic heterocycles. The highest BCUT2D eigenvalue weighted by Gasteiger charge is 2.20. The summed E-state index contributed by atoms with van der Waals surface area (Å²) in [6.07, 6.45) is 11.5. The van der Waals surface area contributed by atoms with Crippen LogP contribution in [0.25, 0.3) is 44.5 Å². The molecule has 0 radical (unpaired) electrons. The van der Waals surface area contributed by atoms with Crippen LogP contribution in [0.5, 0.6) is 0 Å². The standard InChI is InChI=1S/C28H24ClFN6.CH2O2/c1-35-9-6-22(7-10-35)36-17-20(16-33-36)18-11-19(15-31-14-18)24-13-27(25-12-21(29)4-5-26(25)30)34-28-23(24)3-2-8-32-28;2-1-3/h2-5,8,11-17,22H,6-7,9-10H2,1H3;1H,(H,2,3). The molecule has 0 atom stereocenters. The van der Waals surface area contributed by atoms with Gasteiger partial charge in [0.2, 0.25) is 0 Å². The number of halogens is 2. The van der Waals surface area contributed by atoms with Gasteiger partial charge < -0.3 is 10.0 Å². The summed E-state index contributed by atoms with van der Waals surface area (Å²) in [4.78, 5) is 24.3. The van der Waals surface area contributed by atoms with Gasteiger partial charge in [-0.3, -0.25) is 14.5 Å². The fraction of sp³-hybridized carbons (Fsp3) is 0.207. The molecule has 6 rings (SSSR count). The second kappa shape index (κ2) is 11.7. The van der Waals surface area contributed by atoms with Gasteiger partial charge in [-0.2, -0.15) is 5.10 Å². The molecule has 1 fully saturated rings. The molecule has 1 N–H and O–H groups in total. The lowest BCUT2D eigenvalue weighted by atomic mass is 9.99. The lowest BCUT2D eigenvalue weighted by Gasteiger charge is -2.28. The molecule has 0 unspecified atom stereocenters. The molecular weight excluding hydrogens is 519 g/mol. The molecule has 5 aromatic rings. The molecule has 4 aromatic heterocycles. The number of fused-ring (bicyclic) bond motifs is 1. The average molecular weight is 545 g/mol. The number of hydrogen-bond acceptors (Lipinski definition) is 6. The minimum atomic E-state index is -0.388. The number of likely N-dealkylation sites (tertiary alicyclic amines) is 1. The summed E-state index contributed by atoms with van der Waals surface area (Å²) in [5, 5.41) is 12.9. The van der Waals surface area contributed by atoms with Crippen molar-refractivity contribution in [3.8, 4) is 33.5 Å². The summed E-state index contributed by atoms with van der Waals surface area (Å²) in [6.45, 7) is 1.91. The van der Waals surface area contributed by atoms with Gasteiger partial charge in [0, 0.05) is 57.5 Å². The Morgan fingerprint density at radius 2 is 1.79 bits per heavy atom. The Labute approximate surface area is 229 Å². The number of nitrogens with zero attached hydrogens (tertiary/aromatic N) is 6. The molecule has 0 bridgehead atoms. The van der Waals surface area contributed by atoms with Crippen LogP contribution in [0.15, 0.2) is 73.4 Å². The largest absolute Gasteiger partial charge is 0.483 e. The maximum absolute atomic E-state index is 14.7. The van der Waals surface area contributed by atoms with Crippen LogP contribution in [-0.2, 0) is 4.79 Å². The Balaban J connectivity index is 0.000000983. The van der Waals surface area contributed by atoms with E-state index >= 15 is 0 Å². The zero-order valence-corrected chi connectivity index (χ0v) is 22.0. The normalized spacial score (nSPS) is 14.1. The summed E-state index contributed by atoms with van der Waals surface area (Å²) in [5.41, 5.74) is 5.08. The lowest BCUT2D eigenvalue weighted by molar-refractivity contribution is -0.122. The van der Waals surface area contributed by atoms with Crippen molar-refractivity contribution in [2.75, 3.05) is 20.1 Å². The van der Waals surface area contributed by atoms with E-state index in [0.29, 0.717) is 28.0 Å². The molecule has 5 heterocycles. The van der Waals surface area contributed by atoms with E-state index < -0.39 is 0 Å². The molecule has 10 heteroatoms. The highest BCUT2D eigenvalue weighted by Crippen LogP contribution is 2.34. The van der Waals surface area contributed by atoms with E-state index in [1.165, 1.54) is 12.1 Å². The number of rotatable bonds is 4. The van der Waals surface area contributed by atoms with Gasteiger partial charge in [-0.1, -0.05) is 11.6 Å². The van der Waals surface area contributed by atoms with Crippen molar-refractivity contribution in [3.05, 3.63) is 84.3 Å². The van der Waals surface area contributed by atoms with Crippen molar-refractivity contribution >= 4 is 29.1 Å². The van der Waals surface area contributed by atoms with Gasteiger partial charge in [-0.15, -0.1) is 0 Å². The quantitative estimate of drug-likeness (QED) is 0.278. The number of hydrogen-bond donors (Lipinski definition) is 1. The molecule has 39 heavy (non-hydrogen) atoms. The summed E-state index contributed by atoms with van der Waals surface area (Å²) in [6, 6.07) is 12.7. The smallest absolute Gasteiger partial charge is 0.290 e. The summed E-state index contributed by atoms with van der Waals surface area (Å²) in [5.74, 6) is -0.388. The van der Waals surface area contributed by atoms with Crippen molar-refractivity contribution < 1.29 is 14.3 Å². The van der Waals surface area contributed by atoms with Crippen molar-refractivity contribution in [2.45, 2.75) is 18.9 Å². The van der Waals surface area contributed by atoms with Crippen LogP contribution in [0.1, 0.15) is 18.9 Å². The van der Waals surface area contributed by atoms with E-state index in [2.05, 4.69) is 48.9 Å². The van der Waals surface area contributed by atoms with Crippen LogP contribution in [0, 0.1) is 5.82 Å². The molecule has 0 spiro atoms. The number of aromatic nitrogens is 5. The predicted octanol–water partition coefficient (Wildman–Crippen LogP) is 5.98. The van der Waals surface area contributed by atoms with E-state index in [9.17, 15) is 4.39 Å². The lowest BCUT2D eigenvalue weighted by Crippen LogP contribution is -2.31. The third-order valence-electron chi connectivity index (χ3n) is 6.83. The number of pyridine rings is 3. The molecule has 0 aliphatic carbocycles.